The van der Waals surface area contributed by atoms with Crippen molar-refractivity contribution in [3.8, 4) is 0 Å². The van der Waals surface area contributed by atoms with E-state index in [9.17, 15) is 0 Å². The van der Waals surface area contributed by atoms with Crippen LogP contribution in [0.5, 0.6) is 0 Å². The number of benzene rings is 1. The first-order chi connectivity index (χ1) is 6.75. The monoisotopic (exact) mass is 227 g/mol. The Kier molecular flexibility index (Phi) is 3.24. The molecule has 3 heteroatoms. The third kappa shape index (κ3) is 2.37. The second-order valence-electron chi connectivity index (χ2n) is 3.78. The SMILES string of the molecule is Nc1ccc(Cl)cc1CC1CCSC1. The molecule has 0 aromatic heterocycles. The second kappa shape index (κ2) is 4.45. The zero-order chi connectivity index (χ0) is 9.97. The van der Waals surface area contributed by atoms with Gasteiger partial charge in [-0.05, 0) is 54.0 Å². The van der Waals surface area contributed by atoms with Gasteiger partial charge in [0, 0.05) is 10.7 Å². The van der Waals surface area contributed by atoms with Gasteiger partial charge in [-0.3, -0.25) is 0 Å². The predicted molar refractivity (Wildman–Crippen MR) is 65.0 cm³/mol. The van der Waals surface area contributed by atoms with Crippen LogP contribution in [0.15, 0.2) is 18.2 Å². The van der Waals surface area contributed by atoms with Crippen LogP contribution in [0, 0.1) is 5.92 Å². The number of thioether (sulfide) groups is 1. The van der Waals surface area contributed by atoms with E-state index in [2.05, 4.69) is 0 Å². The van der Waals surface area contributed by atoms with Crippen LogP contribution in [0.25, 0.3) is 0 Å². The average Bonchev–Trinajstić information content (AvgIpc) is 2.64. The molecule has 1 unspecified atom stereocenters. The summed E-state index contributed by atoms with van der Waals surface area (Å²) in [5.41, 5.74) is 8.00. The average molecular weight is 228 g/mol. The van der Waals surface area contributed by atoms with Crippen LogP contribution in [0.4, 0.5) is 5.69 Å². The molecular formula is C11H14ClNS. The zero-order valence-electron chi connectivity index (χ0n) is 8.00. The third-order valence-corrected chi connectivity index (χ3v) is 4.10. The number of nitrogen functional groups attached to an aromatic ring is 1. The summed E-state index contributed by atoms with van der Waals surface area (Å²) in [4.78, 5) is 0. The van der Waals surface area contributed by atoms with Crippen LogP contribution in [0.2, 0.25) is 5.02 Å². The van der Waals surface area contributed by atoms with Crippen molar-refractivity contribution in [1.29, 1.82) is 0 Å². The lowest BCUT2D eigenvalue weighted by atomic mass is 9.98. The molecule has 0 bridgehead atoms. The van der Waals surface area contributed by atoms with Gasteiger partial charge in [0.15, 0.2) is 0 Å². The van der Waals surface area contributed by atoms with Crippen LogP contribution in [0.3, 0.4) is 0 Å². The molecule has 1 nitrogen and oxygen atoms in total. The van der Waals surface area contributed by atoms with Crippen molar-refractivity contribution >= 4 is 29.1 Å². The Morgan fingerprint density at radius 2 is 2.36 bits per heavy atom. The predicted octanol–water partition coefficient (Wildman–Crippen LogP) is 3.22. The molecule has 76 valence electrons. The van der Waals surface area contributed by atoms with E-state index in [0.717, 1.165) is 23.0 Å². The Balaban J connectivity index is 2.10. The molecule has 0 spiro atoms. The third-order valence-electron chi connectivity index (χ3n) is 2.64. The van der Waals surface area contributed by atoms with Crippen molar-refractivity contribution in [2.24, 2.45) is 5.92 Å². The maximum atomic E-state index is 5.94. The van der Waals surface area contributed by atoms with Crippen molar-refractivity contribution in [2.75, 3.05) is 17.2 Å². The van der Waals surface area contributed by atoms with Gasteiger partial charge in [0.1, 0.15) is 0 Å². The van der Waals surface area contributed by atoms with Crippen molar-refractivity contribution < 1.29 is 0 Å². The number of halogens is 1. The molecule has 1 aromatic carbocycles. The molecule has 1 aliphatic rings. The maximum absolute atomic E-state index is 5.94. The van der Waals surface area contributed by atoms with Crippen molar-refractivity contribution in [1.82, 2.24) is 0 Å². The summed E-state index contributed by atoms with van der Waals surface area (Å²) in [6.07, 6.45) is 2.40. The summed E-state index contributed by atoms with van der Waals surface area (Å²) in [6.45, 7) is 0. The molecule has 1 aromatic rings. The summed E-state index contributed by atoms with van der Waals surface area (Å²) >= 11 is 7.98. The minimum atomic E-state index is 0.792. The van der Waals surface area contributed by atoms with Gasteiger partial charge >= 0.3 is 0 Å². The lowest BCUT2D eigenvalue weighted by Crippen LogP contribution is -2.05. The topological polar surface area (TPSA) is 26.0 Å². The van der Waals surface area contributed by atoms with E-state index in [4.69, 9.17) is 17.3 Å². The van der Waals surface area contributed by atoms with Crippen LogP contribution < -0.4 is 5.73 Å². The van der Waals surface area contributed by atoms with E-state index >= 15 is 0 Å². The molecule has 0 amide bonds. The number of anilines is 1. The fourth-order valence-corrected chi connectivity index (χ4v) is 3.29. The quantitative estimate of drug-likeness (QED) is 0.786. The first kappa shape index (κ1) is 10.2. The van der Waals surface area contributed by atoms with E-state index in [0.29, 0.717) is 0 Å². The zero-order valence-corrected chi connectivity index (χ0v) is 9.57. The first-order valence-corrected chi connectivity index (χ1v) is 6.40. The highest BCUT2D eigenvalue weighted by atomic mass is 35.5. The van der Waals surface area contributed by atoms with Gasteiger partial charge in [-0.2, -0.15) is 11.8 Å². The molecule has 1 fully saturated rings. The smallest absolute Gasteiger partial charge is 0.0410 e. The highest BCUT2D eigenvalue weighted by Crippen LogP contribution is 2.29. The van der Waals surface area contributed by atoms with Gasteiger partial charge in [0.2, 0.25) is 0 Å². The summed E-state index contributed by atoms with van der Waals surface area (Å²) in [7, 11) is 0. The Hall–Kier alpha value is -0.340. The normalized spacial score (nSPS) is 21.4. The molecule has 1 aliphatic heterocycles. The minimum Gasteiger partial charge on any atom is -0.399 e. The summed E-state index contributed by atoms with van der Waals surface area (Å²) in [6, 6.07) is 5.75. The number of hydrogen-bond donors (Lipinski definition) is 1. The van der Waals surface area contributed by atoms with Gasteiger partial charge in [0.25, 0.3) is 0 Å². The minimum absolute atomic E-state index is 0.792. The van der Waals surface area contributed by atoms with Crippen LogP contribution in [0.1, 0.15) is 12.0 Å². The lowest BCUT2D eigenvalue weighted by Gasteiger charge is -2.10. The lowest BCUT2D eigenvalue weighted by molar-refractivity contribution is 0.597. The standard InChI is InChI=1S/C11H14ClNS/c12-10-1-2-11(13)9(6-10)5-8-3-4-14-7-8/h1-2,6,8H,3-5,7,13H2. The van der Waals surface area contributed by atoms with Gasteiger partial charge in [-0.15, -0.1) is 0 Å². The summed E-state index contributed by atoms with van der Waals surface area (Å²) in [5, 5.41) is 0.792. The van der Waals surface area contributed by atoms with Crippen molar-refractivity contribution in [3.05, 3.63) is 28.8 Å². The number of hydrogen-bond acceptors (Lipinski definition) is 2. The van der Waals surface area contributed by atoms with Crippen molar-refractivity contribution in [2.45, 2.75) is 12.8 Å². The molecule has 0 radical (unpaired) electrons. The molecular weight excluding hydrogens is 214 g/mol. The summed E-state index contributed by atoms with van der Waals surface area (Å²) in [5.74, 6) is 3.36. The van der Waals surface area contributed by atoms with Gasteiger partial charge in [-0.25, -0.2) is 0 Å². The Morgan fingerprint density at radius 3 is 3.07 bits per heavy atom. The van der Waals surface area contributed by atoms with Gasteiger partial charge < -0.3 is 5.73 Å². The fraction of sp³-hybridized carbons (Fsp3) is 0.455. The van der Waals surface area contributed by atoms with Crippen LogP contribution in [-0.4, -0.2) is 11.5 Å². The van der Waals surface area contributed by atoms with Gasteiger partial charge in [-0.1, -0.05) is 11.6 Å². The van der Waals surface area contributed by atoms with E-state index in [1.54, 1.807) is 0 Å². The first-order valence-electron chi connectivity index (χ1n) is 4.87. The molecule has 1 saturated heterocycles. The van der Waals surface area contributed by atoms with Crippen LogP contribution in [-0.2, 0) is 6.42 Å². The fourth-order valence-electron chi connectivity index (χ4n) is 1.81. The van der Waals surface area contributed by atoms with E-state index < -0.39 is 0 Å². The van der Waals surface area contributed by atoms with E-state index in [-0.39, 0.29) is 0 Å². The Morgan fingerprint density at radius 1 is 1.50 bits per heavy atom. The van der Waals surface area contributed by atoms with Crippen molar-refractivity contribution in [3.63, 3.8) is 0 Å². The molecule has 2 rings (SSSR count). The largest absolute Gasteiger partial charge is 0.399 e. The summed E-state index contributed by atoms with van der Waals surface area (Å²) < 4.78 is 0. The van der Waals surface area contributed by atoms with Crippen LogP contribution >= 0.6 is 23.4 Å². The molecule has 1 heterocycles. The highest BCUT2D eigenvalue weighted by molar-refractivity contribution is 7.99. The maximum Gasteiger partial charge on any atom is 0.0410 e. The number of rotatable bonds is 2. The molecule has 14 heavy (non-hydrogen) atoms. The Labute approximate surface area is 94.0 Å². The van der Waals surface area contributed by atoms with Gasteiger partial charge in [0.05, 0.1) is 0 Å². The van der Waals surface area contributed by atoms with E-state index in [1.807, 2.05) is 30.0 Å². The van der Waals surface area contributed by atoms with E-state index in [1.165, 1.54) is 23.5 Å². The molecule has 2 N–H and O–H groups in total. The molecule has 1 atom stereocenters. The number of nitrogens with two attached hydrogens (primary N) is 1. The molecule has 0 aliphatic carbocycles. The highest BCUT2D eigenvalue weighted by Gasteiger charge is 2.16. The molecule has 0 saturated carbocycles. The second-order valence-corrected chi connectivity index (χ2v) is 5.36. The Bertz CT molecular complexity index is 321.